The molecule has 0 saturated heterocycles. The lowest BCUT2D eigenvalue weighted by Gasteiger charge is -2.10. The molecule has 0 radical (unpaired) electrons. The molecule has 5 nitrogen and oxygen atoms in total. The van der Waals surface area contributed by atoms with Gasteiger partial charge in [0, 0.05) is 24.0 Å². The number of hydrogen-bond donors (Lipinski definition) is 1. The van der Waals surface area contributed by atoms with Gasteiger partial charge in [0.25, 0.3) is 0 Å². The minimum Gasteiger partial charge on any atom is -0.496 e. The van der Waals surface area contributed by atoms with Crippen LogP contribution < -0.4 is 9.46 Å². The van der Waals surface area contributed by atoms with Crippen LogP contribution >= 0.6 is 0 Å². The van der Waals surface area contributed by atoms with Gasteiger partial charge in [-0.3, -0.25) is 0 Å². The maximum absolute atomic E-state index is 12.5. The Morgan fingerprint density at radius 2 is 1.92 bits per heavy atom. The summed E-state index contributed by atoms with van der Waals surface area (Å²) in [6, 6.07) is 7.73. The molecular formula is C19H26N2O3S. The number of aryl methyl sites for hydroxylation is 2. The number of sulfonamides is 1. The van der Waals surface area contributed by atoms with Crippen molar-refractivity contribution >= 4 is 10.0 Å². The standard InChI is InChI=1S/C19H26N2O3S/c1-13-11-18(7-8-19(13)24-4)25(22,23)20-10-9-16-12-14(2)21(15(16)3)17-5-6-17/h7-8,11-12,17,20H,5-6,9-10H2,1-4H3. The highest BCUT2D eigenvalue weighted by Crippen LogP contribution is 2.38. The first-order chi connectivity index (χ1) is 11.8. The van der Waals surface area contributed by atoms with E-state index in [2.05, 4.69) is 29.2 Å². The van der Waals surface area contributed by atoms with E-state index in [-0.39, 0.29) is 4.90 Å². The number of nitrogens with one attached hydrogen (secondary N) is 1. The van der Waals surface area contributed by atoms with Gasteiger partial charge in [-0.15, -0.1) is 0 Å². The Hall–Kier alpha value is -1.79. The number of benzene rings is 1. The van der Waals surface area contributed by atoms with E-state index in [1.807, 2.05) is 6.92 Å². The summed E-state index contributed by atoms with van der Waals surface area (Å²) in [7, 11) is -1.93. The molecule has 1 aliphatic carbocycles. The molecule has 2 aromatic rings. The van der Waals surface area contributed by atoms with Crippen LogP contribution in [0.15, 0.2) is 29.2 Å². The molecule has 25 heavy (non-hydrogen) atoms. The Balaban J connectivity index is 1.67. The van der Waals surface area contributed by atoms with Gasteiger partial charge < -0.3 is 9.30 Å². The third-order valence-corrected chi connectivity index (χ3v) is 6.32. The molecule has 1 fully saturated rings. The highest BCUT2D eigenvalue weighted by molar-refractivity contribution is 7.89. The van der Waals surface area contributed by atoms with Crippen molar-refractivity contribution in [3.63, 3.8) is 0 Å². The van der Waals surface area contributed by atoms with Gasteiger partial charge in [-0.1, -0.05) is 0 Å². The molecule has 3 rings (SSSR count). The summed E-state index contributed by atoms with van der Waals surface area (Å²) >= 11 is 0. The van der Waals surface area contributed by atoms with Crippen LogP contribution in [0.1, 0.15) is 41.4 Å². The zero-order valence-electron chi connectivity index (χ0n) is 15.3. The van der Waals surface area contributed by atoms with Crippen molar-refractivity contribution in [1.82, 2.24) is 9.29 Å². The first-order valence-corrected chi connectivity index (χ1v) is 10.1. The summed E-state index contributed by atoms with van der Waals surface area (Å²) in [6.45, 7) is 6.48. The normalized spacial score (nSPS) is 14.7. The largest absolute Gasteiger partial charge is 0.496 e. The Bertz CT molecular complexity index is 880. The summed E-state index contributed by atoms with van der Waals surface area (Å²) in [4.78, 5) is 0.272. The predicted molar refractivity (Wildman–Crippen MR) is 98.8 cm³/mol. The molecule has 0 unspecified atom stereocenters. The van der Waals surface area contributed by atoms with E-state index in [0.717, 1.165) is 5.56 Å². The summed E-state index contributed by atoms with van der Waals surface area (Å²) in [6.07, 6.45) is 3.19. The van der Waals surface area contributed by atoms with E-state index in [4.69, 9.17) is 4.74 Å². The van der Waals surface area contributed by atoms with Gasteiger partial charge in [-0.05, 0) is 75.4 Å². The molecule has 0 atom stereocenters. The highest BCUT2D eigenvalue weighted by Gasteiger charge is 2.26. The molecule has 1 aromatic carbocycles. The topological polar surface area (TPSA) is 60.3 Å². The Morgan fingerprint density at radius 1 is 1.20 bits per heavy atom. The van der Waals surface area contributed by atoms with Crippen LogP contribution in [0.25, 0.3) is 0 Å². The number of nitrogens with zero attached hydrogens (tertiary/aromatic N) is 1. The van der Waals surface area contributed by atoms with Gasteiger partial charge >= 0.3 is 0 Å². The molecule has 0 bridgehead atoms. The van der Waals surface area contributed by atoms with Gasteiger partial charge in [-0.2, -0.15) is 0 Å². The maximum atomic E-state index is 12.5. The molecule has 1 aliphatic rings. The fraction of sp³-hybridized carbons (Fsp3) is 0.474. The van der Waals surface area contributed by atoms with Crippen LogP contribution in [0.5, 0.6) is 5.75 Å². The molecule has 1 N–H and O–H groups in total. The lowest BCUT2D eigenvalue weighted by molar-refractivity contribution is 0.411. The van der Waals surface area contributed by atoms with E-state index in [9.17, 15) is 8.42 Å². The summed E-state index contributed by atoms with van der Waals surface area (Å²) in [5, 5.41) is 0. The lowest BCUT2D eigenvalue weighted by atomic mass is 10.2. The molecule has 1 heterocycles. The van der Waals surface area contributed by atoms with Crippen LogP contribution in [0.2, 0.25) is 0 Å². The highest BCUT2D eigenvalue weighted by atomic mass is 32.2. The third-order valence-electron chi connectivity index (χ3n) is 4.86. The van der Waals surface area contributed by atoms with Gasteiger partial charge in [-0.25, -0.2) is 13.1 Å². The maximum Gasteiger partial charge on any atom is 0.240 e. The molecule has 0 aliphatic heterocycles. The monoisotopic (exact) mass is 362 g/mol. The molecular weight excluding hydrogens is 336 g/mol. The van der Waals surface area contributed by atoms with Crippen molar-refractivity contribution < 1.29 is 13.2 Å². The van der Waals surface area contributed by atoms with E-state index >= 15 is 0 Å². The summed E-state index contributed by atoms with van der Waals surface area (Å²) < 4.78 is 35.3. The molecule has 1 saturated carbocycles. The first kappa shape index (κ1) is 18.0. The van der Waals surface area contributed by atoms with Crippen molar-refractivity contribution in [3.8, 4) is 5.75 Å². The van der Waals surface area contributed by atoms with Crippen molar-refractivity contribution in [2.24, 2.45) is 0 Å². The third kappa shape index (κ3) is 3.75. The lowest BCUT2D eigenvalue weighted by Crippen LogP contribution is -2.26. The van der Waals surface area contributed by atoms with Crippen LogP contribution in [-0.4, -0.2) is 26.6 Å². The molecule has 136 valence electrons. The minimum atomic E-state index is -3.51. The number of ether oxygens (including phenoxy) is 1. The van der Waals surface area contributed by atoms with Gasteiger partial charge in [0.1, 0.15) is 5.75 Å². The second-order valence-corrected chi connectivity index (χ2v) is 8.54. The van der Waals surface area contributed by atoms with Crippen molar-refractivity contribution in [2.45, 2.75) is 51.0 Å². The summed E-state index contributed by atoms with van der Waals surface area (Å²) in [5.41, 5.74) is 4.56. The number of rotatable bonds is 7. The van der Waals surface area contributed by atoms with Crippen molar-refractivity contribution in [2.75, 3.05) is 13.7 Å². The predicted octanol–water partition coefficient (Wildman–Crippen LogP) is 3.28. The Labute approximate surface area is 150 Å². The average molecular weight is 362 g/mol. The van der Waals surface area contributed by atoms with E-state index in [1.54, 1.807) is 25.3 Å². The molecule has 6 heteroatoms. The van der Waals surface area contributed by atoms with Crippen LogP contribution in [-0.2, 0) is 16.4 Å². The minimum absolute atomic E-state index is 0.272. The second kappa shape index (κ2) is 6.84. The number of hydrogen-bond acceptors (Lipinski definition) is 3. The van der Waals surface area contributed by atoms with Crippen molar-refractivity contribution in [1.29, 1.82) is 0 Å². The first-order valence-electron chi connectivity index (χ1n) is 8.65. The van der Waals surface area contributed by atoms with Gasteiger partial charge in [0.05, 0.1) is 12.0 Å². The van der Waals surface area contributed by atoms with Crippen LogP contribution in [0, 0.1) is 20.8 Å². The number of aromatic nitrogens is 1. The molecule has 0 amide bonds. The van der Waals surface area contributed by atoms with E-state index in [0.29, 0.717) is 24.8 Å². The quantitative estimate of drug-likeness (QED) is 0.822. The average Bonchev–Trinajstić information content (AvgIpc) is 3.34. The zero-order valence-corrected chi connectivity index (χ0v) is 16.1. The van der Waals surface area contributed by atoms with Crippen LogP contribution in [0.3, 0.4) is 0 Å². The Kier molecular flexibility index (Phi) is 4.93. The van der Waals surface area contributed by atoms with Crippen LogP contribution in [0.4, 0.5) is 0 Å². The zero-order chi connectivity index (χ0) is 18.2. The smallest absolute Gasteiger partial charge is 0.240 e. The van der Waals surface area contributed by atoms with E-state index < -0.39 is 10.0 Å². The fourth-order valence-electron chi connectivity index (χ4n) is 3.41. The molecule has 0 spiro atoms. The fourth-order valence-corrected chi connectivity index (χ4v) is 4.53. The van der Waals surface area contributed by atoms with E-state index in [1.165, 1.54) is 29.8 Å². The van der Waals surface area contributed by atoms with Gasteiger partial charge in [0.15, 0.2) is 0 Å². The summed E-state index contributed by atoms with van der Waals surface area (Å²) in [5.74, 6) is 0.687. The van der Waals surface area contributed by atoms with Gasteiger partial charge in [0.2, 0.25) is 10.0 Å². The SMILES string of the molecule is COc1ccc(S(=O)(=O)NCCc2cc(C)n(C3CC3)c2C)cc1C. The Morgan fingerprint density at radius 3 is 2.52 bits per heavy atom. The second-order valence-electron chi connectivity index (χ2n) is 6.78. The number of methoxy groups -OCH3 is 1. The molecule has 1 aromatic heterocycles. The van der Waals surface area contributed by atoms with Crippen molar-refractivity contribution in [3.05, 3.63) is 46.8 Å².